The van der Waals surface area contributed by atoms with Gasteiger partial charge in [-0.15, -0.1) is 6.58 Å². The van der Waals surface area contributed by atoms with Gasteiger partial charge < -0.3 is 14.5 Å². The van der Waals surface area contributed by atoms with Gasteiger partial charge in [-0.05, 0) is 43.3 Å². The van der Waals surface area contributed by atoms with Crippen LogP contribution in [0.1, 0.15) is 27.6 Å². The van der Waals surface area contributed by atoms with Crippen LogP contribution in [0, 0.1) is 0 Å². The third kappa shape index (κ3) is 3.82. The monoisotopic (exact) mass is 366 g/mol. The van der Waals surface area contributed by atoms with Gasteiger partial charge in [-0.1, -0.05) is 12.1 Å². The van der Waals surface area contributed by atoms with Crippen molar-refractivity contribution in [2.24, 2.45) is 0 Å². The van der Waals surface area contributed by atoms with Crippen LogP contribution in [0.5, 0.6) is 0 Å². The Hall–Kier alpha value is -3.61. The van der Waals surface area contributed by atoms with Crippen LogP contribution in [-0.4, -0.2) is 23.1 Å². The number of fused-ring (bicyclic) bond motifs is 1. The van der Waals surface area contributed by atoms with Gasteiger partial charge in [-0.2, -0.15) is 0 Å². The fraction of sp³-hybridized carbons (Fsp3) is 0.150. The van der Waals surface area contributed by atoms with Crippen LogP contribution in [0.25, 0.3) is 11.1 Å². The Balaban J connectivity index is 1.87. The molecule has 1 amide bonds. The number of aromatic nitrogens is 1. The van der Waals surface area contributed by atoms with Crippen molar-refractivity contribution in [1.29, 1.82) is 0 Å². The van der Waals surface area contributed by atoms with Crippen LogP contribution in [0.4, 0.5) is 5.69 Å². The lowest BCUT2D eigenvalue weighted by molar-refractivity contribution is 0.0526. The van der Waals surface area contributed by atoms with Crippen molar-refractivity contribution in [3.63, 3.8) is 0 Å². The molecule has 0 unspecified atom stereocenters. The van der Waals surface area contributed by atoms with Crippen LogP contribution >= 0.6 is 0 Å². The number of allylic oxidation sites excluding steroid dienone is 1. The molecular formula is C20H18N2O5. The van der Waals surface area contributed by atoms with Gasteiger partial charge in [-0.25, -0.2) is 9.59 Å². The van der Waals surface area contributed by atoms with E-state index >= 15 is 0 Å². The molecule has 0 spiro atoms. The van der Waals surface area contributed by atoms with Gasteiger partial charge >= 0.3 is 11.7 Å². The Morgan fingerprint density at radius 3 is 2.78 bits per heavy atom. The molecule has 0 aliphatic rings. The van der Waals surface area contributed by atoms with E-state index in [0.717, 1.165) is 0 Å². The quantitative estimate of drug-likeness (QED) is 0.534. The fourth-order valence-electron chi connectivity index (χ4n) is 2.65. The lowest BCUT2D eigenvalue weighted by Crippen LogP contribution is -2.14. The minimum Gasteiger partial charge on any atom is -0.462 e. The van der Waals surface area contributed by atoms with Gasteiger partial charge in [0, 0.05) is 17.8 Å². The summed E-state index contributed by atoms with van der Waals surface area (Å²) in [7, 11) is 0. The lowest BCUT2D eigenvalue weighted by Gasteiger charge is -2.08. The third-order valence-corrected chi connectivity index (χ3v) is 3.87. The molecule has 0 aliphatic carbocycles. The van der Waals surface area contributed by atoms with E-state index in [-0.39, 0.29) is 19.1 Å². The standard InChI is InChI=1S/C20H18N2O5/c1-3-10-22-16-12-13(8-9-17(16)27-20(22)25)18(23)21-15-7-5-6-14(11-15)19(24)26-4-2/h3,5-9,11-12H,1,4,10H2,2H3,(H,21,23). The van der Waals surface area contributed by atoms with Crippen LogP contribution in [0.2, 0.25) is 0 Å². The molecule has 3 aromatic rings. The van der Waals surface area contributed by atoms with Gasteiger partial charge in [0.1, 0.15) is 0 Å². The number of anilines is 1. The first-order chi connectivity index (χ1) is 13.0. The van der Waals surface area contributed by atoms with Crippen molar-refractivity contribution < 1.29 is 18.7 Å². The molecule has 1 aromatic heterocycles. The van der Waals surface area contributed by atoms with Crippen LogP contribution in [0.3, 0.4) is 0 Å². The van der Waals surface area contributed by atoms with E-state index in [9.17, 15) is 14.4 Å². The number of amides is 1. The molecule has 0 bridgehead atoms. The van der Waals surface area contributed by atoms with Gasteiger partial charge in [-0.3, -0.25) is 9.36 Å². The van der Waals surface area contributed by atoms with Crippen LogP contribution < -0.4 is 11.1 Å². The molecule has 1 N–H and O–H groups in total. The first kappa shape index (κ1) is 18.2. The van der Waals surface area contributed by atoms with Crippen molar-refractivity contribution in [2.45, 2.75) is 13.5 Å². The van der Waals surface area contributed by atoms with Crippen LogP contribution in [0.15, 0.2) is 64.3 Å². The summed E-state index contributed by atoms with van der Waals surface area (Å²) in [6.07, 6.45) is 1.57. The van der Waals surface area contributed by atoms with Gasteiger partial charge in [0.2, 0.25) is 0 Å². The smallest absolute Gasteiger partial charge is 0.420 e. The highest BCUT2D eigenvalue weighted by atomic mass is 16.5. The number of hydrogen-bond acceptors (Lipinski definition) is 5. The predicted octanol–water partition coefficient (Wildman–Crippen LogP) is 3.21. The molecule has 2 aromatic carbocycles. The lowest BCUT2D eigenvalue weighted by atomic mass is 10.1. The summed E-state index contributed by atoms with van der Waals surface area (Å²) < 4.78 is 11.5. The number of carbonyl (C=O) groups excluding carboxylic acids is 2. The SMILES string of the molecule is C=CCn1c(=O)oc2ccc(C(=O)Nc3cccc(C(=O)OCC)c3)cc21. The van der Waals surface area contributed by atoms with Crippen molar-refractivity contribution in [1.82, 2.24) is 4.57 Å². The highest BCUT2D eigenvalue weighted by Crippen LogP contribution is 2.18. The highest BCUT2D eigenvalue weighted by molar-refractivity contribution is 6.06. The number of nitrogens with zero attached hydrogens (tertiary/aromatic N) is 1. The fourth-order valence-corrected chi connectivity index (χ4v) is 2.65. The molecule has 0 saturated heterocycles. The average Bonchev–Trinajstić information content (AvgIpc) is 2.97. The summed E-state index contributed by atoms with van der Waals surface area (Å²) in [5.41, 5.74) is 2.05. The number of rotatable bonds is 6. The Labute approximate surface area is 154 Å². The maximum absolute atomic E-state index is 12.6. The molecule has 0 saturated carbocycles. The number of esters is 1. The van der Waals surface area contributed by atoms with Crippen molar-refractivity contribution in [2.75, 3.05) is 11.9 Å². The van der Waals surface area contributed by atoms with Crippen molar-refractivity contribution in [3.8, 4) is 0 Å². The number of nitrogens with one attached hydrogen (secondary N) is 1. The maximum atomic E-state index is 12.6. The Morgan fingerprint density at radius 2 is 2.04 bits per heavy atom. The predicted molar refractivity (Wildman–Crippen MR) is 101 cm³/mol. The number of carbonyl (C=O) groups is 2. The first-order valence-corrected chi connectivity index (χ1v) is 8.36. The number of hydrogen-bond donors (Lipinski definition) is 1. The summed E-state index contributed by atoms with van der Waals surface area (Å²) in [5.74, 6) is -1.34. The second-order valence-electron chi connectivity index (χ2n) is 5.71. The number of oxazole rings is 1. The minimum absolute atomic E-state index is 0.270. The maximum Gasteiger partial charge on any atom is 0.420 e. The third-order valence-electron chi connectivity index (χ3n) is 3.87. The van der Waals surface area contributed by atoms with Crippen LogP contribution in [-0.2, 0) is 11.3 Å². The Kier molecular flexibility index (Phi) is 5.21. The first-order valence-electron chi connectivity index (χ1n) is 8.36. The molecule has 27 heavy (non-hydrogen) atoms. The summed E-state index contributed by atoms with van der Waals surface area (Å²) in [6.45, 7) is 5.88. The van der Waals surface area contributed by atoms with E-state index < -0.39 is 11.7 Å². The van der Waals surface area contributed by atoms with E-state index in [4.69, 9.17) is 9.15 Å². The molecule has 138 valence electrons. The zero-order valence-electron chi connectivity index (χ0n) is 14.7. The molecule has 0 fully saturated rings. The van der Waals surface area contributed by atoms with E-state index in [1.54, 1.807) is 55.5 Å². The Morgan fingerprint density at radius 1 is 1.22 bits per heavy atom. The van der Waals surface area contributed by atoms with Gasteiger partial charge in [0.25, 0.3) is 5.91 Å². The molecule has 0 aliphatic heterocycles. The summed E-state index contributed by atoms with van der Waals surface area (Å²) in [5, 5.41) is 2.73. The molecule has 7 nitrogen and oxygen atoms in total. The number of benzene rings is 2. The average molecular weight is 366 g/mol. The molecule has 0 radical (unpaired) electrons. The minimum atomic E-state index is -0.510. The van der Waals surface area contributed by atoms with E-state index in [1.165, 1.54) is 4.57 Å². The van der Waals surface area contributed by atoms with E-state index in [2.05, 4.69) is 11.9 Å². The highest BCUT2D eigenvalue weighted by Gasteiger charge is 2.14. The van der Waals surface area contributed by atoms with Gasteiger partial charge in [0.05, 0.1) is 17.7 Å². The topological polar surface area (TPSA) is 90.5 Å². The molecule has 0 atom stereocenters. The van der Waals surface area contributed by atoms with Gasteiger partial charge in [0.15, 0.2) is 5.58 Å². The molecular weight excluding hydrogens is 348 g/mol. The van der Waals surface area contributed by atoms with Crippen molar-refractivity contribution >= 4 is 28.7 Å². The largest absolute Gasteiger partial charge is 0.462 e. The second kappa shape index (κ2) is 7.74. The van der Waals surface area contributed by atoms with E-state index in [0.29, 0.717) is 27.9 Å². The molecule has 3 rings (SSSR count). The number of ether oxygens (including phenoxy) is 1. The summed E-state index contributed by atoms with van der Waals surface area (Å²) in [6, 6.07) is 11.2. The summed E-state index contributed by atoms with van der Waals surface area (Å²) in [4.78, 5) is 36.2. The zero-order chi connectivity index (χ0) is 19.4. The molecule has 7 heteroatoms. The van der Waals surface area contributed by atoms with Crippen molar-refractivity contribution in [3.05, 3.63) is 76.8 Å². The normalized spacial score (nSPS) is 10.6. The summed E-state index contributed by atoms with van der Waals surface area (Å²) >= 11 is 0. The second-order valence-corrected chi connectivity index (χ2v) is 5.71. The Bertz CT molecular complexity index is 1080. The zero-order valence-corrected chi connectivity index (χ0v) is 14.7. The molecule has 1 heterocycles. The van der Waals surface area contributed by atoms with E-state index in [1.807, 2.05) is 0 Å².